The Hall–Kier alpha value is -1.05. The molecular formula is C9H14N2. The maximum Gasteiger partial charge on any atom is 0.0424 e. The van der Waals surface area contributed by atoms with Crippen molar-refractivity contribution in [1.82, 2.24) is 4.98 Å². The molecule has 0 amide bonds. The van der Waals surface area contributed by atoms with Gasteiger partial charge in [-0.2, -0.15) is 0 Å². The number of aromatic nitrogens is 1. The Kier molecular flexibility index (Phi) is 2.47. The Bertz CT molecular complexity index is 221. The Balaban J connectivity index is 3.02. The number of nitrogens with one attached hydrogen (secondary N) is 1. The van der Waals surface area contributed by atoms with Crippen LogP contribution in [0.25, 0.3) is 0 Å². The third kappa shape index (κ3) is 1.93. The summed E-state index contributed by atoms with van der Waals surface area (Å²) in [6.07, 6.45) is 0.996. The average molecular weight is 150 g/mol. The zero-order valence-corrected chi connectivity index (χ0v) is 7.31. The molecule has 1 rings (SSSR count). The molecule has 0 aliphatic heterocycles. The summed E-state index contributed by atoms with van der Waals surface area (Å²) >= 11 is 0. The van der Waals surface area contributed by atoms with E-state index in [2.05, 4.69) is 23.3 Å². The summed E-state index contributed by atoms with van der Waals surface area (Å²) in [5.74, 6) is 0. The van der Waals surface area contributed by atoms with Crippen LogP contribution in [0.5, 0.6) is 0 Å². The van der Waals surface area contributed by atoms with Gasteiger partial charge >= 0.3 is 0 Å². The van der Waals surface area contributed by atoms with Gasteiger partial charge in [0.25, 0.3) is 0 Å². The molecule has 0 atom stereocenters. The minimum Gasteiger partial charge on any atom is -0.388 e. The topological polar surface area (TPSA) is 24.9 Å². The molecule has 0 aliphatic rings. The second-order valence-electron chi connectivity index (χ2n) is 2.59. The lowest BCUT2D eigenvalue weighted by atomic mass is 10.2. The van der Waals surface area contributed by atoms with Gasteiger partial charge in [-0.3, -0.25) is 4.98 Å². The van der Waals surface area contributed by atoms with Gasteiger partial charge in [0, 0.05) is 24.1 Å². The summed E-state index contributed by atoms with van der Waals surface area (Å²) in [7, 11) is 1.92. The summed E-state index contributed by atoms with van der Waals surface area (Å²) in [6, 6.07) is 4.12. The third-order valence-corrected chi connectivity index (χ3v) is 1.66. The summed E-state index contributed by atoms with van der Waals surface area (Å²) < 4.78 is 0. The molecule has 2 nitrogen and oxygen atoms in total. The fourth-order valence-corrected chi connectivity index (χ4v) is 1.06. The summed E-state index contributed by atoms with van der Waals surface area (Å²) in [5, 5.41) is 3.10. The van der Waals surface area contributed by atoms with Crippen LogP contribution in [-0.2, 0) is 6.42 Å². The van der Waals surface area contributed by atoms with E-state index in [0.717, 1.165) is 23.5 Å². The monoisotopic (exact) mass is 150 g/mol. The maximum absolute atomic E-state index is 4.36. The SMILES string of the molecule is CCc1cc(NC)cc(C)n1. The lowest BCUT2D eigenvalue weighted by Gasteiger charge is -2.03. The van der Waals surface area contributed by atoms with Crippen molar-refractivity contribution in [3.05, 3.63) is 23.5 Å². The Labute approximate surface area is 67.7 Å². The van der Waals surface area contributed by atoms with E-state index in [1.807, 2.05) is 20.0 Å². The zero-order valence-electron chi connectivity index (χ0n) is 7.31. The largest absolute Gasteiger partial charge is 0.388 e. The summed E-state index contributed by atoms with van der Waals surface area (Å²) in [4.78, 5) is 4.36. The molecule has 0 aliphatic carbocycles. The summed E-state index contributed by atoms with van der Waals surface area (Å²) in [5.41, 5.74) is 3.37. The standard InChI is InChI=1S/C9H14N2/c1-4-8-6-9(10-3)5-7(2)11-8/h5-6H,4H2,1-3H3,(H,10,11). The molecule has 0 saturated heterocycles. The molecule has 0 saturated carbocycles. The highest BCUT2D eigenvalue weighted by Crippen LogP contribution is 2.10. The van der Waals surface area contributed by atoms with E-state index >= 15 is 0 Å². The predicted octanol–water partition coefficient (Wildman–Crippen LogP) is 1.99. The Morgan fingerprint density at radius 2 is 2.18 bits per heavy atom. The van der Waals surface area contributed by atoms with Crippen LogP contribution in [0, 0.1) is 6.92 Å². The minimum atomic E-state index is 0.996. The first-order valence-electron chi connectivity index (χ1n) is 3.91. The number of aryl methyl sites for hydroxylation is 2. The molecule has 60 valence electrons. The molecule has 2 heteroatoms. The fraction of sp³-hybridized carbons (Fsp3) is 0.444. The van der Waals surface area contributed by atoms with E-state index < -0.39 is 0 Å². The number of hydrogen-bond acceptors (Lipinski definition) is 2. The van der Waals surface area contributed by atoms with Gasteiger partial charge < -0.3 is 5.32 Å². The van der Waals surface area contributed by atoms with Gasteiger partial charge in [0.15, 0.2) is 0 Å². The van der Waals surface area contributed by atoms with Crippen LogP contribution in [0.1, 0.15) is 18.3 Å². The molecule has 1 aromatic heterocycles. The number of rotatable bonds is 2. The molecule has 11 heavy (non-hydrogen) atoms. The molecule has 0 spiro atoms. The highest BCUT2D eigenvalue weighted by Gasteiger charge is 1.95. The molecule has 0 radical (unpaired) electrons. The van der Waals surface area contributed by atoms with E-state index in [1.54, 1.807) is 0 Å². The van der Waals surface area contributed by atoms with Crippen molar-refractivity contribution in [2.24, 2.45) is 0 Å². The molecular weight excluding hydrogens is 136 g/mol. The van der Waals surface area contributed by atoms with Crippen molar-refractivity contribution in [2.75, 3.05) is 12.4 Å². The van der Waals surface area contributed by atoms with Crippen LogP contribution in [0.3, 0.4) is 0 Å². The van der Waals surface area contributed by atoms with Gasteiger partial charge in [0.2, 0.25) is 0 Å². The van der Waals surface area contributed by atoms with Crippen molar-refractivity contribution in [2.45, 2.75) is 20.3 Å². The highest BCUT2D eigenvalue weighted by molar-refractivity contribution is 5.44. The van der Waals surface area contributed by atoms with Gasteiger partial charge in [-0.05, 0) is 25.5 Å². The number of nitrogens with zero attached hydrogens (tertiary/aromatic N) is 1. The first-order valence-corrected chi connectivity index (χ1v) is 3.91. The summed E-state index contributed by atoms with van der Waals surface area (Å²) in [6.45, 7) is 4.13. The molecule has 1 heterocycles. The number of pyridine rings is 1. The first kappa shape index (κ1) is 8.05. The first-order chi connectivity index (χ1) is 5.26. The fourth-order valence-electron chi connectivity index (χ4n) is 1.06. The third-order valence-electron chi connectivity index (χ3n) is 1.66. The van der Waals surface area contributed by atoms with Crippen molar-refractivity contribution >= 4 is 5.69 Å². The van der Waals surface area contributed by atoms with Gasteiger partial charge in [0.1, 0.15) is 0 Å². The number of hydrogen-bond donors (Lipinski definition) is 1. The van der Waals surface area contributed by atoms with Crippen molar-refractivity contribution in [3.8, 4) is 0 Å². The smallest absolute Gasteiger partial charge is 0.0424 e. The van der Waals surface area contributed by atoms with E-state index in [4.69, 9.17) is 0 Å². The molecule has 0 fully saturated rings. The molecule has 1 aromatic rings. The zero-order chi connectivity index (χ0) is 8.27. The Morgan fingerprint density at radius 3 is 2.73 bits per heavy atom. The van der Waals surface area contributed by atoms with Gasteiger partial charge in [0.05, 0.1) is 0 Å². The maximum atomic E-state index is 4.36. The van der Waals surface area contributed by atoms with Gasteiger partial charge in [-0.15, -0.1) is 0 Å². The quantitative estimate of drug-likeness (QED) is 0.697. The predicted molar refractivity (Wildman–Crippen MR) is 47.9 cm³/mol. The van der Waals surface area contributed by atoms with Gasteiger partial charge in [-0.1, -0.05) is 6.92 Å². The van der Waals surface area contributed by atoms with Crippen LogP contribution >= 0.6 is 0 Å². The van der Waals surface area contributed by atoms with Crippen LogP contribution in [-0.4, -0.2) is 12.0 Å². The van der Waals surface area contributed by atoms with E-state index in [-0.39, 0.29) is 0 Å². The minimum absolute atomic E-state index is 0.996. The second kappa shape index (κ2) is 3.37. The molecule has 0 unspecified atom stereocenters. The van der Waals surface area contributed by atoms with Crippen LogP contribution in [0.15, 0.2) is 12.1 Å². The van der Waals surface area contributed by atoms with Crippen molar-refractivity contribution in [3.63, 3.8) is 0 Å². The van der Waals surface area contributed by atoms with E-state index in [0.29, 0.717) is 0 Å². The van der Waals surface area contributed by atoms with E-state index in [9.17, 15) is 0 Å². The average Bonchev–Trinajstić information content (AvgIpc) is 2.03. The molecule has 0 aromatic carbocycles. The lowest BCUT2D eigenvalue weighted by Crippen LogP contribution is -1.94. The van der Waals surface area contributed by atoms with Crippen LogP contribution in [0.4, 0.5) is 5.69 Å². The van der Waals surface area contributed by atoms with Crippen molar-refractivity contribution < 1.29 is 0 Å². The Morgan fingerprint density at radius 1 is 1.45 bits per heavy atom. The molecule has 0 bridgehead atoms. The second-order valence-corrected chi connectivity index (χ2v) is 2.59. The lowest BCUT2D eigenvalue weighted by molar-refractivity contribution is 1.01. The highest BCUT2D eigenvalue weighted by atomic mass is 14.8. The van der Waals surface area contributed by atoms with E-state index in [1.165, 1.54) is 0 Å². The molecule has 1 N–H and O–H groups in total. The number of anilines is 1. The normalized spacial score (nSPS) is 9.73. The van der Waals surface area contributed by atoms with Crippen LogP contribution in [0.2, 0.25) is 0 Å². The van der Waals surface area contributed by atoms with Crippen molar-refractivity contribution in [1.29, 1.82) is 0 Å². The van der Waals surface area contributed by atoms with Crippen LogP contribution < -0.4 is 5.32 Å². The van der Waals surface area contributed by atoms with Gasteiger partial charge in [-0.25, -0.2) is 0 Å².